The van der Waals surface area contributed by atoms with E-state index in [1.54, 1.807) is 0 Å². The molecule has 2 unspecified atom stereocenters. The second-order valence-corrected chi connectivity index (χ2v) is 27.6. The Labute approximate surface area is 635 Å². The lowest BCUT2D eigenvalue weighted by Gasteiger charge is -2.40. The normalized spacial score (nSPS) is 14.6. The van der Waals surface area contributed by atoms with E-state index in [1.807, 2.05) is 182 Å². The molecule has 0 saturated heterocycles. The third-order valence-electron chi connectivity index (χ3n) is 21.7. The van der Waals surface area contributed by atoms with Crippen molar-refractivity contribution in [3.63, 3.8) is 0 Å². The van der Waals surface area contributed by atoms with Crippen molar-refractivity contribution in [3.05, 3.63) is 420 Å². The number of rotatable bonds is 9. The van der Waals surface area contributed by atoms with Crippen LogP contribution in [-0.4, -0.2) is 29.9 Å². The largest absolute Gasteiger partial charge is 0.456 e. The van der Waals surface area contributed by atoms with E-state index in [1.165, 1.54) is 27.8 Å². The summed E-state index contributed by atoms with van der Waals surface area (Å²) >= 11 is 0. The van der Waals surface area contributed by atoms with Crippen LogP contribution in [0.1, 0.15) is 55.6 Å². The van der Waals surface area contributed by atoms with Gasteiger partial charge in [0.1, 0.15) is 23.0 Å². The molecule has 10 nitrogen and oxygen atoms in total. The van der Waals surface area contributed by atoms with Gasteiger partial charge in [0.15, 0.2) is 34.9 Å². The van der Waals surface area contributed by atoms with Gasteiger partial charge in [-0.05, 0) is 103 Å². The topological polar surface area (TPSA) is 143 Å². The molecule has 17 aromatic rings. The third-order valence-corrected chi connectivity index (χ3v) is 21.7. The Morgan fingerprint density at radius 3 is 0.855 bits per heavy atom. The summed E-state index contributed by atoms with van der Waals surface area (Å²) in [6.07, 6.45) is 0. The molecule has 0 saturated carbocycles. The molecule has 0 N–H and O–H groups in total. The Morgan fingerprint density at radius 1 is 0.200 bits per heavy atom. The number of fused-ring (bicyclic) bond motifs is 18. The number of aromatic nitrogens is 6. The first-order valence-corrected chi connectivity index (χ1v) is 36.6. The molecule has 2 atom stereocenters. The van der Waals surface area contributed by atoms with Crippen LogP contribution in [0.2, 0.25) is 0 Å². The van der Waals surface area contributed by atoms with E-state index < -0.39 is 10.8 Å². The Kier molecular flexibility index (Phi) is 15.5. The molecule has 512 valence electrons. The molecule has 4 heterocycles. The van der Waals surface area contributed by atoms with Crippen LogP contribution >= 0.6 is 0 Å². The van der Waals surface area contributed by atoms with Crippen molar-refractivity contribution in [2.24, 2.45) is 0 Å². The summed E-state index contributed by atoms with van der Waals surface area (Å²) in [6, 6.07) is 129. The molecule has 4 aliphatic rings. The Hall–Kier alpha value is -15.1. The van der Waals surface area contributed by atoms with Gasteiger partial charge in [0.05, 0.1) is 34.1 Å². The van der Waals surface area contributed by atoms with Crippen LogP contribution in [0, 0.1) is 22.7 Å². The van der Waals surface area contributed by atoms with E-state index in [0.29, 0.717) is 46.1 Å². The molecule has 0 radical (unpaired) electrons. The van der Waals surface area contributed by atoms with Gasteiger partial charge in [-0.3, -0.25) is 0 Å². The summed E-state index contributed by atoms with van der Waals surface area (Å²) < 4.78 is 13.8. The van der Waals surface area contributed by atoms with E-state index >= 15 is 0 Å². The highest BCUT2D eigenvalue weighted by atomic mass is 16.5. The van der Waals surface area contributed by atoms with Crippen molar-refractivity contribution < 1.29 is 9.47 Å². The molecule has 2 spiro atoms. The maximum atomic E-state index is 9.51. The molecular weight excluding hydrogens is 1350 g/mol. The number of benzene rings is 15. The first kappa shape index (κ1) is 64.5. The predicted molar refractivity (Wildman–Crippen MR) is 433 cm³/mol. The van der Waals surface area contributed by atoms with Gasteiger partial charge in [-0.1, -0.05) is 328 Å². The second kappa shape index (κ2) is 26.5. The lowest BCUT2D eigenvalue weighted by molar-refractivity contribution is 0.438. The molecule has 21 rings (SSSR count). The van der Waals surface area contributed by atoms with Crippen LogP contribution < -0.4 is 9.47 Å². The summed E-state index contributed by atoms with van der Waals surface area (Å²) in [5.41, 5.74) is 25.4. The van der Waals surface area contributed by atoms with Gasteiger partial charge in [0.25, 0.3) is 0 Å². The maximum absolute atomic E-state index is 9.51. The Bertz CT molecular complexity index is 6490. The van der Waals surface area contributed by atoms with E-state index in [2.05, 4.69) is 194 Å². The number of nitrogens with zero attached hydrogens (tertiary/aromatic N) is 8. The fourth-order valence-electron chi connectivity index (χ4n) is 16.9. The first-order valence-electron chi connectivity index (χ1n) is 36.6. The van der Waals surface area contributed by atoms with Gasteiger partial charge >= 0.3 is 0 Å². The van der Waals surface area contributed by atoms with Gasteiger partial charge < -0.3 is 9.47 Å². The number of para-hydroxylation sites is 4. The van der Waals surface area contributed by atoms with Crippen LogP contribution in [0.25, 0.3) is 124 Å². The van der Waals surface area contributed by atoms with Crippen LogP contribution in [0.15, 0.2) is 364 Å². The van der Waals surface area contributed by atoms with Gasteiger partial charge in [0.2, 0.25) is 0 Å². The standard InChI is InChI=1S/C53H32N4O.C47H28N4O/c54-33-34-25-27-36(28-26-34)41-19-12-23-46-49(41)58-47-24-10-9-21-44(47)53(46)43-20-8-7-17-42(43)48-40(18-11-22-45(48)53)35-29-31-39(32-30-35)52-56-50(37-13-3-1-4-14-37)55-51(57-52)38-15-5-2-6-16-38;48-29-30-25-27-31(28-26-30)34-18-11-23-40-43(34)52-41-24-10-9-21-38(41)47(40)37-20-8-7-17-35(37)42-36(19-12-22-39(42)47)46-50-44(32-13-3-1-4-14-32)49-45(51-46)33-15-5-2-6-16-33/h1-32H;1-28H. The van der Waals surface area contributed by atoms with Crippen molar-refractivity contribution >= 4 is 0 Å². The molecule has 0 amide bonds. The van der Waals surface area contributed by atoms with Crippen LogP contribution in [0.3, 0.4) is 0 Å². The van der Waals surface area contributed by atoms with E-state index in [4.69, 9.17) is 39.4 Å². The summed E-state index contributed by atoms with van der Waals surface area (Å²) in [5.74, 6) is 7.01. The molecule has 10 heteroatoms. The highest BCUT2D eigenvalue weighted by Crippen LogP contribution is 2.66. The van der Waals surface area contributed by atoms with Crippen LogP contribution in [0.4, 0.5) is 0 Å². The maximum Gasteiger partial charge on any atom is 0.164 e. The molecule has 0 fully saturated rings. The molecule has 0 bridgehead atoms. The second-order valence-electron chi connectivity index (χ2n) is 27.6. The fourth-order valence-corrected chi connectivity index (χ4v) is 16.9. The number of nitriles is 2. The molecule has 110 heavy (non-hydrogen) atoms. The highest BCUT2D eigenvalue weighted by molar-refractivity contribution is 5.99. The molecule has 2 aliphatic heterocycles. The van der Waals surface area contributed by atoms with Crippen molar-refractivity contribution in [1.29, 1.82) is 10.5 Å². The monoisotopic (exact) mass is 1400 g/mol. The van der Waals surface area contributed by atoms with Crippen molar-refractivity contribution in [2.45, 2.75) is 10.8 Å². The molecule has 2 aromatic heterocycles. The minimum Gasteiger partial charge on any atom is -0.456 e. The summed E-state index contributed by atoms with van der Waals surface area (Å²) in [6.45, 7) is 0. The third kappa shape index (κ3) is 10.4. The summed E-state index contributed by atoms with van der Waals surface area (Å²) in [7, 11) is 0. The summed E-state index contributed by atoms with van der Waals surface area (Å²) in [5, 5.41) is 19.0. The molecular formula is C100H60N8O2. The van der Waals surface area contributed by atoms with Gasteiger partial charge in [-0.15, -0.1) is 0 Å². The lowest BCUT2D eigenvalue weighted by atomic mass is 9.65. The lowest BCUT2D eigenvalue weighted by Crippen LogP contribution is -2.32. The quantitative estimate of drug-likeness (QED) is 0.137. The minimum absolute atomic E-state index is 0.614. The highest BCUT2D eigenvalue weighted by Gasteiger charge is 2.54. The SMILES string of the molecule is N#Cc1ccc(-c2cccc3c2Oc2ccccc2C32c3ccccc3-c3c(-c4ccc(-c5nc(-c6ccccc6)nc(-c6ccccc6)n5)cc4)cccc32)cc1.N#Cc1ccc(-c2cccc3c2Oc2ccccc2C32c3ccccc3-c3c(-c4nc(-c5ccccc5)nc(-c5ccccc5)n4)cccc32)cc1. The van der Waals surface area contributed by atoms with Crippen molar-refractivity contribution in [1.82, 2.24) is 29.9 Å². The Balaban J connectivity index is 0.000000145. The van der Waals surface area contributed by atoms with Gasteiger partial charge in [-0.2, -0.15) is 10.5 Å². The van der Waals surface area contributed by atoms with E-state index in [9.17, 15) is 10.5 Å². The zero-order valence-corrected chi connectivity index (χ0v) is 59.0. The van der Waals surface area contributed by atoms with E-state index in [0.717, 1.165) is 129 Å². The number of hydrogen-bond acceptors (Lipinski definition) is 10. The average Bonchev–Trinajstić information content (AvgIpc) is 1.52. The Morgan fingerprint density at radius 2 is 0.464 bits per heavy atom. The number of hydrogen-bond donors (Lipinski definition) is 0. The zero-order chi connectivity index (χ0) is 73.3. The summed E-state index contributed by atoms with van der Waals surface area (Å²) in [4.78, 5) is 30.2. The smallest absolute Gasteiger partial charge is 0.164 e. The van der Waals surface area contributed by atoms with Gasteiger partial charge in [-0.25, -0.2) is 29.9 Å². The fraction of sp³-hybridized carbons (Fsp3) is 0.0200. The molecule has 15 aromatic carbocycles. The number of ether oxygens (including phenoxy) is 2. The first-order chi connectivity index (χ1) is 54.4. The average molecular weight is 1410 g/mol. The predicted octanol–water partition coefficient (Wildman–Crippen LogP) is 23.4. The molecule has 2 aliphatic carbocycles. The van der Waals surface area contributed by atoms with E-state index in [-0.39, 0.29) is 0 Å². The van der Waals surface area contributed by atoms with Crippen LogP contribution in [-0.2, 0) is 10.8 Å². The van der Waals surface area contributed by atoms with Crippen molar-refractivity contribution in [2.75, 3.05) is 0 Å². The van der Waals surface area contributed by atoms with Crippen molar-refractivity contribution in [3.8, 4) is 159 Å². The van der Waals surface area contributed by atoms with Gasteiger partial charge in [0, 0.05) is 66.8 Å². The zero-order valence-electron chi connectivity index (χ0n) is 59.0. The van der Waals surface area contributed by atoms with Crippen LogP contribution in [0.5, 0.6) is 23.0 Å². The minimum atomic E-state index is -0.688.